The van der Waals surface area contributed by atoms with Gasteiger partial charge >= 0.3 is 0 Å². The Bertz CT molecular complexity index is 1270. The minimum Gasteiger partial charge on any atom is -0.507 e. The second-order valence-corrected chi connectivity index (χ2v) is 7.49. The molecule has 0 aliphatic rings. The first kappa shape index (κ1) is 18.9. The van der Waals surface area contributed by atoms with Crippen LogP contribution in [-0.4, -0.2) is 21.8 Å². The summed E-state index contributed by atoms with van der Waals surface area (Å²) >= 11 is 3.28. The molecule has 142 valence electrons. The van der Waals surface area contributed by atoms with Crippen LogP contribution < -0.4 is 0 Å². The van der Waals surface area contributed by atoms with Gasteiger partial charge in [-0.15, -0.1) is 0 Å². The summed E-state index contributed by atoms with van der Waals surface area (Å²) in [5, 5.41) is 22.0. The molecular weight excluding hydrogens is 432 g/mol. The monoisotopic (exact) mass is 446 g/mol. The van der Waals surface area contributed by atoms with Crippen LogP contribution in [0.3, 0.4) is 0 Å². The van der Waals surface area contributed by atoms with E-state index >= 15 is 0 Å². The van der Waals surface area contributed by atoms with Crippen molar-refractivity contribution in [2.75, 3.05) is 0 Å². The highest BCUT2D eigenvalue weighted by atomic mass is 79.9. The minimum atomic E-state index is -0.448. The van der Waals surface area contributed by atoms with Crippen molar-refractivity contribution in [2.24, 2.45) is 0 Å². The Morgan fingerprint density at radius 3 is 2.10 bits per heavy atom. The van der Waals surface area contributed by atoms with Gasteiger partial charge < -0.3 is 10.2 Å². The predicted octanol–water partition coefficient (Wildman–Crippen LogP) is 5.48. The van der Waals surface area contributed by atoms with E-state index in [9.17, 15) is 19.8 Å². The average Bonchev–Trinajstić information content (AvgIpc) is 2.74. The van der Waals surface area contributed by atoms with Gasteiger partial charge in [0.1, 0.15) is 11.5 Å². The van der Waals surface area contributed by atoms with Gasteiger partial charge in [-0.1, -0.05) is 58.4 Å². The van der Waals surface area contributed by atoms with Crippen LogP contribution in [0.4, 0.5) is 0 Å². The molecular formula is C24H15BrO4. The van der Waals surface area contributed by atoms with Crippen molar-refractivity contribution < 1.29 is 19.8 Å². The summed E-state index contributed by atoms with van der Waals surface area (Å²) in [6.45, 7) is 0. The number of rotatable bonds is 4. The van der Waals surface area contributed by atoms with Crippen molar-refractivity contribution in [3.63, 3.8) is 0 Å². The third-order valence-corrected chi connectivity index (χ3v) is 5.23. The highest BCUT2D eigenvalue weighted by Gasteiger charge is 2.20. The Labute approximate surface area is 175 Å². The van der Waals surface area contributed by atoms with Gasteiger partial charge in [0.25, 0.3) is 0 Å². The van der Waals surface area contributed by atoms with Crippen molar-refractivity contribution in [2.45, 2.75) is 0 Å². The summed E-state index contributed by atoms with van der Waals surface area (Å²) in [5.41, 5.74) is 0.767. The Morgan fingerprint density at radius 2 is 1.31 bits per heavy atom. The molecule has 0 aliphatic carbocycles. The van der Waals surface area contributed by atoms with Gasteiger partial charge in [0.2, 0.25) is 0 Å². The zero-order valence-electron chi connectivity index (χ0n) is 15.1. The summed E-state index contributed by atoms with van der Waals surface area (Å²) in [6.07, 6.45) is 0. The van der Waals surface area contributed by atoms with E-state index in [0.29, 0.717) is 10.0 Å². The maximum atomic E-state index is 13.2. The Kier molecular flexibility index (Phi) is 4.91. The first-order chi connectivity index (χ1) is 14.0. The van der Waals surface area contributed by atoms with Crippen molar-refractivity contribution >= 4 is 38.3 Å². The fourth-order valence-electron chi connectivity index (χ4n) is 3.27. The van der Waals surface area contributed by atoms with E-state index in [1.54, 1.807) is 18.2 Å². The maximum absolute atomic E-state index is 13.2. The Hall–Kier alpha value is -3.44. The quantitative estimate of drug-likeness (QED) is 0.407. The lowest BCUT2D eigenvalue weighted by atomic mass is 9.94. The smallest absolute Gasteiger partial charge is 0.197 e. The van der Waals surface area contributed by atoms with Crippen molar-refractivity contribution in [1.82, 2.24) is 0 Å². The van der Waals surface area contributed by atoms with Crippen LogP contribution in [0.5, 0.6) is 11.5 Å². The lowest BCUT2D eigenvalue weighted by Gasteiger charge is -2.10. The summed E-state index contributed by atoms with van der Waals surface area (Å²) in [6, 6.07) is 21.5. The Morgan fingerprint density at radius 1 is 0.655 bits per heavy atom. The second kappa shape index (κ2) is 7.53. The number of carbonyl (C=O) groups is 2. The van der Waals surface area contributed by atoms with Crippen molar-refractivity contribution in [1.29, 1.82) is 0 Å². The highest BCUT2D eigenvalue weighted by Crippen LogP contribution is 2.29. The molecule has 0 heterocycles. The highest BCUT2D eigenvalue weighted by molar-refractivity contribution is 9.10. The lowest BCUT2D eigenvalue weighted by Crippen LogP contribution is -2.07. The number of carbonyl (C=O) groups excluding carboxylic acids is 2. The molecule has 0 fully saturated rings. The summed E-state index contributed by atoms with van der Waals surface area (Å²) in [4.78, 5) is 26.1. The number of aromatic hydroxyl groups is 2. The topological polar surface area (TPSA) is 74.6 Å². The number of phenols is 2. The van der Waals surface area contributed by atoms with Gasteiger partial charge in [0.15, 0.2) is 11.6 Å². The van der Waals surface area contributed by atoms with Gasteiger partial charge in [0.05, 0.1) is 11.1 Å². The summed E-state index contributed by atoms with van der Waals surface area (Å²) in [5.74, 6) is -1.20. The standard InChI is InChI=1S/C24H15BrO4/c25-16-9-11-22(27)20(13-16)23(28)15-8-10-21(26)19(12-15)24(29)18-7-3-5-14-4-1-2-6-17(14)18/h1-13,26-27H. The number of hydrogen-bond acceptors (Lipinski definition) is 4. The lowest BCUT2D eigenvalue weighted by molar-refractivity contribution is 0.103. The number of phenolic OH excluding ortho intramolecular Hbond substituents is 2. The molecule has 29 heavy (non-hydrogen) atoms. The molecule has 4 aromatic rings. The zero-order chi connectivity index (χ0) is 20.5. The molecule has 0 amide bonds. The van der Waals surface area contributed by atoms with Crippen molar-refractivity contribution in [3.8, 4) is 11.5 Å². The second-order valence-electron chi connectivity index (χ2n) is 6.58. The van der Waals surface area contributed by atoms with Gasteiger partial charge in [-0.25, -0.2) is 0 Å². The molecule has 0 saturated carbocycles. The van der Waals surface area contributed by atoms with E-state index in [1.165, 1.54) is 30.3 Å². The zero-order valence-corrected chi connectivity index (χ0v) is 16.7. The molecule has 2 N–H and O–H groups in total. The summed E-state index contributed by atoms with van der Waals surface area (Å²) < 4.78 is 0.643. The molecule has 0 spiro atoms. The van der Waals surface area contributed by atoms with E-state index in [4.69, 9.17) is 0 Å². The van der Waals surface area contributed by atoms with Crippen LogP contribution in [0, 0.1) is 0 Å². The van der Waals surface area contributed by atoms with E-state index in [-0.39, 0.29) is 34.0 Å². The normalized spacial score (nSPS) is 10.8. The van der Waals surface area contributed by atoms with Crippen molar-refractivity contribution in [3.05, 3.63) is 106 Å². The molecule has 4 aromatic carbocycles. The van der Waals surface area contributed by atoms with Gasteiger partial charge in [-0.3, -0.25) is 9.59 Å². The van der Waals surface area contributed by atoms with Gasteiger partial charge in [0, 0.05) is 15.6 Å². The first-order valence-corrected chi connectivity index (χ1v) is 9.63. The molecule has 5 heteroatoms. The Balaban J connectivity index is 1.80. The van der Waals surface area contributed by atoms with Crippen LogP contribution in [-0.2, 0) is 0 Å². The number of halogens is 1. The largest absolute Gasteiger partial charge is 0.507 e. The fraction of sp³-hybridized carbons (Fsp3) is 0. The number of hydrogen-bond donors (Lipinski definition) is 2. The van der Waals surface area contributed by atoms with Crippen LogP contribution >= 0.6 is 15.9 Å². The number of benzene rings is 4. The van der Waals surface area contributed by atoms with E-state index in [0.717, 1.165) is 10.8 Å². The third-order valence-electron chi connectivity index (χ3n) is 4.74. The van der Waals surface area contributed by atoms with E-state index in [1.807, 2.05) is 30.3 Å². The van der Waals surface area contributed by atoms with Crippen LogP contribution in [0.25, 0.3) is 10.8 Å². The van der Waals surface area contributed by atoms with E-state index < -0.39 is 5.78 Å². The molecule has 0 saturated heterocycles. The molecule has 0 unspecified atom stereocenters. The van der Waals surface area contributed by atoms with Crippen LogP contribution in [0.15, 0.2) is 83.3 Å². The summed E-state index contributed by atoms with van der Waals surface area (Å²) in [7, 11) is 0. The average molecular weight is 447 g/mol. The minimum absolute atomic E-state index is 0.0293. The maximum Gasteiger partial charge on any atom is 0.197 e. The molecule has 0 atom stereocenters. The third kappa shape index (κ3) is 3.52. The number of ketones is 2. The van der Waals surface area contributed by atoms with E-state index in [2.05, 4.69) is 15.9 Å². The fourth-order valence-corrected chi connectivity index (χ4v) is 3.63. The van der Waals surface area contributed by atoms with Crippen LogP contribution in [0.1, 0.15) is 31.8 Å². The molecule has 0 aliphatic heterocycles. The number of fused-ring (bicyclic) bond motifs is 1. The first-order valence-electron chi connectivity index (χ1n) is 8.84. The van der Waals surface area contributed by atoms with Gasteiger partial charge in [-0.05, 0) is 47.2 Å². The van der Waals surface area contributed by atoms with Gasteiger partial charge in [-0.2, -0.15) is 0 Å². The van der Waals surface area contributed by atoms with Crippen LogP contribution in [0.2, 0.25) is 0 Å². The predicted molar refractivity (Wildman–Crippen MR) is 115 cm³/mol. The molecule has 4 nitrogen and oxygen atoms in total. The molecule has 0 radical (unpaired) electrons. The molecule has 0 aromatic heterocycles. The molecule has 4 rings (SSSR count). The molecule has 0 bridgehead atoms. The SMILES string of the molecule is O=C(c1ccc(O)c(C(=O)c2cccc3ccccc23)c1)c1cc(Br)ccc1O.